The van der Waals surface area contributed by atoms with E-state index in [9.17, 15) is 4.79 Å². The van der Waals surface area contributed by atoms with Crippen LogP contribution in [-0.4, -0.2) is 39.7 Å². The maximum atomic E-state index is 12.5. The van der Waals surface area contributed by atoms with Gasteiger partial charge in [0, 0.05) is 43.5 Å². The first-order valence-corrected chi connectivity index (χ1v) is 10.3. The van der Waals surface area contributed by atoms with Crippen molar-refractivity contribution in [3.63, 3.8) is 0 Å². The van der Waals surface area contributed by atoms with Gasteiger partial charge in [0.2, 0.25) is 5.91 Å². The summed E-state index contributed by atoms with van der Waals surface area (Å²) in [6.45, 7) is 1.44. The van der Waals surface area contributed by atoms with Gasteiger partial charge in [0.25, 0.3) is 0 Å². The van der Waals surface area contributed by atoms with E-state index >= 15 is 0 Å². The molecule has 2 aromatic carbocycles. The van der Waals surface area contributed by atoms with Gasteiger partial charge in [-0.15, -0.1) is 0 Å². The summed E-state index contributed by atoms with van der Waals surface area (Å²) in [6, 6.07) is 19.1. The van der Waals surface area contributed by atoms with Crippen molar-refractivity contribution < 1.29 is 4.79 Å². The molecule has 5 heteroatoms. The second-order valence-electron chi connectivity index (χ2n) is 8.19. The maximum absolute atomic E-state index is 12.5. The van der Waals surface area contributed by atoms with Gasteiger partial charge in [-0.3, -0.25) is 14.4 Å². The monoisotopic (exact) mass is 400 g/mol. The number of nitrogens with one attached hydrogen (secondary N) is 1. The van der Waals surface area contributed by atoms with Crippen LogP contribution in [0.15, 0.2) is 73.1 Å². The number of aryl methyl sites for hydroxylation is 1. The lowest BCUT2D eigenvalue weighted by Gasteiger charge is -2.39. The molecule has 5 nitrogen and oxygen atoms in total. The molecule has 0 aliphatic heterocycles. The Balaban J connectivity index is 1.48. The third kappa shape index (κ3) is 4.52. The van der Waals surface area contributed by atoms with Crippen molar-refractivity contribution in [2.24, 2.45) is 7.05 Å². The van der Waals surface area contributed by atoms with Crippen molar-refractivity contribution in [3.8, 4) is 0 Å². The first-order valence-electron chi connectivity index (χ1n) is 10.3. The molecule has 3 aromatic rings. The van der Waals surface area contributed by atoms with Crippen LogP contribution in [0.5, 0.6) is 0 Å². The predicted molar refractivity (Wildman–Crippen MR) is 120 cm³/mol. The van der Waals surface area contributed by atoms with Crippen LogP contribution in [0.25, 0.3) is 6.08 Å². The summed E-state index contributed by atoms with van der Waals surface area (Å²) in [7, 11) is 4.03. The van der Waals surface area contributed by atoms with E-state index in [1.165, 1.54) is 16.7 Å². The molecule has 1 amide bonds. The summed E-state index contributed by atoms with van der Waals surface area (Å²) in [6.07, 6.45) is 8.87. The van der Waals surface area contributed by atoms with E-state index in [0.717, 1.165) is 24.9 Å². The minimum Gasteiger partial charge on any atom is -0.351 e. The number of rotatable bonds is 7. The van der Waals surface area contributed by atoms with Gasteiger partial charge in [-0.1, -0.05) is 54.6 Å². The average molecular weight is 401 g/mol. The number of carbonyl (C=O) groups excluding carboxylic acids is 1. The molecule has 0 atom stereocenters. The van der Waals surface area contributed by atoms with Crippen LogP contribution in [0.1, 0.15) is 22.3 Å². The minimum absolute atomic E-state index is 0.0812. The highest BCUT2D eigenvalue weighted by Crippen LogP contribution is 2.34. The normalized spacial score (nSPS) is 14.9. The Morgan fingerprint density at radius 2 is 1.80 bits per heavy atom. The third-order valence-corrected chi connectivity index (χ3v) is 5.97. The Bertz CT molecular complexity index is 1010. The first-order chi connectivity index (χ1) is 14.5. The minimum atomic E-state index is -0.142. The summed E-state index contributed by atoms with van der Waals surface area (Å²) >= 11 is 0. The molecule has 1 aromatic heterocycles. The highest BCUT2D eigenvalue weighted by Gasteiger charge is 2.40. The van der Waals surface area contributed by atoms with Crippen molar-refractivity contribution >= 4 is 12.0 Å². The Morgan fingerprint density at radius 1 is 1.13 bits per heavy atom. The van der Waals surface area contributed by atoms with Gasteiger partial charge in [-0.05, 0) is 42.7 Å². The zero-order valence-electron chi connectivity index (χ0n) is 17.6. The second kappa shape index (κ2) is 8.67. The fourth-order valence-corrected chi connectivity index (χ4v) is 4.24. The van der Waals surface area contributed by atoms with Crippen molar-refractivity contribution in [3.05, 3.63) is 95.3 Å². The van der Waals surface area contributed by atoms with Crippen molar-refractivity contribution in [1.29, 1.82) is 0 Å². The Hall–Kier alpha value is -3.18. The Morgan fingerprint density at radius 3 is 2.43 bits per heavy atom. The van der Waals surface area contributed by atoms with Crippen LogP contribution in [0.3, 0.4) is 0 Å². The maximum Gasteiger partial charge on any atom is 0.244 e. The van der Waals surface area contributed by atoms with Crippen molar-refractivity contribution in [2.45, 2.75) is 24.9 Å². The van der Waals surface area contributed by atoms with Crippen LogP contribution in [0.2, 0.25) is 0 Å². The number of hydrogen-bond donors (Lipinski definition) is 1. The molecule has 1 aliphatic carbocycles. The van der Waals surface area contributed by atoms with Crippen LogP contribution in [0.4, 0.5) is 0 Å². The average Bonchev–Trinajstić information content (AvgIpc) is 3.35. The fraction of sp³-hybridized carbons (Fsp3) is 0.280. The zero-order valence-corrected chi connectivity index (χ0v) is 17.6. The first kappa shape index (κ1) is 20.1. The quantitative estimate of drug-likeness (QED) is 0.620. The molecule has 0 fully saturated rings. The van der Waals surface area contributed by atoms with E-state index < -0.39 is 0 Å². The van der Waals surface area contributed by atoms with E-state index in [-0.39, 0.29) is 11.4 Å². The summed E-state index contributed by atoms with van der Waals surface area (Å²) in [5, 5.41) is 7.28. The largest absolute Gasteiger partial charge is 0.351 e. The number of benzene rings is 2. The number of carbonyl (C=O) groups is 1. The van der Waals surface area contributed by atoms with Gasteiger partial charge in [0.05, 0.1) is 6.20 Å². The van der Waals surface area contributed by atoms with Crippen molar-refractivity contribution in [2.75, 3.05) is 13.6 Å². The topological polar surface area (TPSA) is 50.2 Å². The van der Waals surface area contributed by atoms with E-state index in [1.807, 2.05) is 19.3 Å². The highest BCUT2D eigenvalue weighted by molar-refractivity contribution is 5.91. The van der Waals surface area contributed by atoms with Crippen LogP contribution in [-0.2, 0) is 31.2 Å². The number of aromatic nitrogens is 2. The SMILES string of the molecule is CN(Cc1ccccc1)C1(CNC(=O)/C=C/c2cnn(C)c2)Cc2ccccc2C1. The smallest absolute Gasteiger partial charge is 0.244 e. The number of nitrogens with zero attached hydrogens (tertiary/aromatic N) is 3. The fourth-order valence-electron chi connectivity index (χ4n) is 4.24. The molecule has 4 rings (SSSR count). The lowest BCUT2D eigenvalue weighted by molar-refractivity contribution is -0.117. The lowest BCUT2D eigenvalue weighted by atomic mass is 9.92. The number of hydrogen-bond acceptors (Lipinski definition) is 3. The number of fused-ring (bicyclic) bond motifs is 1. The standard InChI is InChI=1S/C25H28N4O/c1-28(17-20-8-4-3-5-9-20)25(14-22-10-6-7-11-23(22)15-25)19-26-24(30)13-12-21-16-27-29(2)18-21/h3-13,16,18H,14-15,17,19H2,1-2H3,(H,26,30)/b13-12+. The molecule has 0 spiro atoms. The summed E-state index contributed by atoms with van der Waals surface area (Å²) in [4.78, 5) is 14.9. The van der Waals surface area contributed by atoms with Gasteiger partial charge in [-0.25, -0.2) is 0 Å². The lowest BCUT2D eigenvalue weighted by Crippen LogP contribution is -2.54. The molecular formula is C25H28N4O. The van der Waals surface area contributed by atoms with Gasteiger partial charge in [-0.2, -0.15) is 5.10 Å². The molecule has 30 heavy (non-hydrogen) atoms. The molecule has 0 radical (unpaired) electrons. The van der Waals surface area contributed by atoms with Crippen LogP contribution >= 0.6 is 0 Å². The van der Waals surface area contributed by atoms with E-state index in [1.54, 1.807) is 23.0 Å². The number of amides is 1. The van der Waals surface area contributed by atoms with Gasteiger partial charge >= 0.3 is 0 Å². The zero-order chi connectivity index (χ0) is 21.0. The van der Waals surface area contributed by atoms with Crippen molar-refractivity contribution in [1.82, 2.24) is 20.0 Å². The van der Waals surface area contributed by atoms with E-state index in [0.29, 0.717) is 6.54 Å². The van der Waals surface area contributed by atoms with Gasteiger partial charge in [0.1, 0.15) is 0 Å². The van der Waals surface area contributed by atoms with Crippen LogP contribution in [0, 0.1) is 0 Å². The molecule has 154 valence electrons. The third-order valence-electron chi connectivity index (χ3n) is 5.97. The summed E-state index contributed by atoms with van der Waals surface area (Å²) in [5.41, 5.74) is 4.79. The molecule has 0 bridgehead atoms. The van der Waals surface area contributed by atoms with Crippen LogP contribution < -0.4 is 5.32 Å². The van der Waals surface area contributed by atoms with Gasteiger partial charge in [0.15, 0.2) is 0 Å². The second-order valence-corrected chi connectivity index (χ2v) is 8.19. The summed E-state index contributed by atoms with van der Waals surface area (Å²) in [5.74, 6) is -0.0812. The molecule has 1 heterocycles. The Kier molecular flexibility index (Phi) is 5.81. The molecule has 0 saturated heterocycles. The number of likely N-dealkylation sites (N-methyl/N-ethyl adjacent to an activating group) is 1. The molecule has 0 unspecified atom stereocenters. The molecule has 0 saturated carbocycles. The molecular weight excluding hydrogens is 372 g/mol. The summed E-state index contributed by atoms with van der Waals surface area (Å²) < 4.78 is 1.72. The predicted octanol–water partition coefficient (Wildman–Crippen LogP) is 3.22. The highest BCUT2D eigenvalue weighted by atomic mass is 16.1. The Labute approximate surface area is 178 Å². The molecule has 1 N–H and O–H groups in total. The van der Waals surface area contributed by atoms with E-state index in [2.05, 4.69) is 70.9 Å². The molecule has 1 aliphatic rings. The van der Waals surface area contributed by atoms with E-state index in [4.69, 9.17) is 0 Å². The van der Waals surface area contributed by atoms with Gasteiger partial charge < -0.3 is 5.32 Å².